The Bertz CT molecular complexity index is 1660. The molecular weight excluding hydrogens is 583 g/mol. The maximum Gasteiger partial charge on any atom is 0.417 e. The second-order valence-electron chi connectivity index (χ2n) is 12.8. The van der Waals surface area contributed by atoms with E-state index in [0.29, 0.717) is 41.5 Å². The summed E-state index contributed by atoms with van der Waals surface area (Å²) in [4.78, 5) is 18.6. The largest absolute Gasteiger partial charge is 0.417 e. The molecule has 7 rings (SSSR count). The second-order valence-corrected chi connectivity index (χ2v) is 13.3. The Morgan fingerprint density at radius 2 is 1.93 bits per heavy atom. The number of nitrogen functional groups attached to an aromatic ring is 1. The smallest absolute Gasteiger partial charge is 0.383 e. The fourth-order valence-electron chi connectivity index (χ4n) is 7.34. The maximum absolute atomic E-state index is 13.2. The molecule has 0 unspecified atom stereocenters. The highest BCUT2D eigenvalue weighted by Crippen LogP contribution is 2.48. The zero-order valence-electron chi connectivity index (χ0n) is 24.2. The van der Waals surface area contributed by atoms with Crippen LogP contribution in [0, 0.1) is 11.8 Å². The zero-order chi connectivity index (χ0) is 30.3. The van der Waals surface area contributed by atoms with Crippen molar-refractivity contribution in [2.75, 3.05) is 19.3 Å². The average molecular weight is 618 g/mol. The topological polar surface area (TPSA) is 107 Å². The van der Waals surface area contributed by atoms with Crippen LogP contribution >= 0.6 is 11.6 Å². The van der Waals surface area contributed by atoms with Crippen LogP contribution in [0.5, 0.6) is 0 Å². The van der Waals surface area contributed by atoms with Crippen LogP contribution in [-0.4, -0.2) is 67.0 Å². The molecule has 0 spiro atoms. The van der Waals surface area contributed by atoms with Gasteiger partial charge in [0.05, 0.1) is 39.2 Å². The van der Waals surface area contributed by atoms with E-state index < -0.39 is 17.5 Å². The number of halogens is 4. The van der Waals surface area contributed by atoms with E-state index in [0.717, 1.165) is 49.3 Å². The van der Waals surface area contributed by atoms with E-state index in [1.807, 2.05) is 26.1 Å². The van der Waals surface area contributed by atoms with Crippen LogP contribution in [-0.2, 0) is 22.1 Å². The Morgan fingerprint density at radius 3 is 2.70 bits per heavy atom. The number of aromatic amines is 1. The van der Waals surface area contributed by atoms with Gasteiger partial charge in [0.25, 0.3) is 0 Å². The van der Waals surface area contributed by atoms with E-state index in [1.54, 1.807) is 0 Å². The number of H-pyrrole nitrogens is 1. The lowest BCUT2D eigenvalue weighted by Gasteiger charge is -2.42. The predicted octanol–water partition coefficient (Wildman–Crippen LogP) is 5.99. The Balaban J connectivity index is 0.969. The third-order valence-electron chi connectivity index (χ3n) is 9.52. The molecule has 3 N–H and O–H groups in total. The molecule has 3 aromatic heterocycles. The summed E-state index contributed by atoms with van der Waals surface area (Å²) in [6, 6.07) is 4.85. The van der Waals surface area contributed by atoms with Gasteiger partial charge in [-0.1, -0.05) is 11.6 Å². The SMILES string of the molecule is CN(C[C@H]1C[C@@H](n2ccc3c(N)ncnc32)[C@@H]2OC(C)(C)O[C@H]12)[C@H]1C[C@@H](CCc2nc3cc(C(F)(F)F)c(Cl)cc3[nH]2)C1. The minimum atomic E-state index is -4.51. The van der Waals surface area contributed by atoms with E-state index in [1.165, 1.54) is 12.4 Å². The molecule has 3 aliphatic rings. The number of nitrogens with one attached hydrogen (secondary N) is 1. The number of aromatic nitrogens is 5. The molecule has 4 atom stereocenters. The molecule has 230 valence electrons. The molecule has 4 heterocycles. The number of hydrogen-bond acceptors (Lipinski definition) is 7. The van der Waals surface area contributed by atoms with Crippen molar-refractivity contribution in [3.05, 3.63) is 47.1 Å². The van der Waals surface area contributed by atoms with Crippen molar-refractivity contribution >= 4 is 39.5 Å². The van der Waals surface area contributed by atoms with E-state index in [4.69, 9.17) is 26.8 Å². The highest BCUT2D eigenvalue weighted by Gasteiger charge is 2.55. The summed E-state index contributed by atoms with van der Waals surface area (Å²) in [5.74, 6) is 1.34. The van der Waals surface area contributed by atoms with Gasteiger partial charge in [0, 0.05) is 31.1 Å². The Morgan fingerprint density at radius 1 is 1.16 bits per heavy atom. The number of benzene rings is 1. The molecule has 0 radical (unpaired) electrons. The molecule has 43 heavy (non-hydrogen) atoms. The van der Waals surface area contributed by atoms with Crippen LogP contribution in [0.15, 0.2) is 30.7 Å². The first-order chi connectivity index (χ1) is 20.4. The summed E-state index contributed by atoms with van der Waals surface area (Å²) in [6.07, 6.45) is 3.59. The van der Waals surface area contributed by atoms with Gasteiger partial charge in [-0.15, -0.1) is 0 Å². The van der Waals surface area contributed by atoms with Crippen molar-refractivity contribution in [1.82, 2.24) is 29.4 Å². The monoisotopic (exact) mass is 617 g/mol. The summed E-state index contributed by atoms with van der Waals surface area (Å²) in [5, 5.41) is 0.522. The predicted molar refractivity (Wildman–Crippen MR) is 156 cm³/mol. The lowest BCUT2D eigenvalue weighted by Crippen LogP contribution is -2.46. The molecule has 3 fully saturated rings. The second kappa shape index (κ2) is 10.3. The van der Waals surface area contributed by atoms with Crippen molar-refractivity contribution in [2.24, 2.45) is 11.8 Å². The minimum absolute atomic E-state index is 0.0191. The fourth-order valence-corrected chi connectivity index (χ4v) is 7.61. The third-order valence-corrected chi connectivity index (χ3v) is 9.83. The van der Waals surface area contributed by atoms with Crippen molar-refractivity contribution in [3.63, 3.8) is 0 Å². The number of anilines is 1. The number of aryl methyl sites for hydroxylation is 1. The van der Waals surface area contributed by atoms with Crippen LogP contribution in [0.1, 0.15) is 57.0 Å². The van der Waals surface area contributed by atoms with Crippen LogP contribution in [0.3, 0.4) is 0 Å². The molecule has 1 aromatic carbocycles. The number of ether oxygens (including phenoxy) is 2. The number of nitrogens with zero attached hydrogens (tertiary/aromatic N) is 5. The van der Waals surface area contributed by atoms with Gasteiger partial charge in [-0.05, 0) is 70.7 Å². The van der Waals surface area contributed by atoms with Gasteiger partial charge in [0.2, 0.25) is 0 Å². The third kappa shape index (κ3) is 5.26. The van der Waals surface area contributed by atoms with Gasteiger partial charge in [-0.25, -0.2) is 15.0 Å². The summed E-state index contributed by atoms with van der Waals surface area (Å²) in [6.45, 7) is 4.84. The van der Waals surface area contributed by atoms with Crippen LogP contribution in [0.25, 0.3) is 22.1 Å². The van der Waals surface area contributed by atoms with Crippen LogP contribution in [0.4, 0.5) is 19.0 Å². The lowest BCUT2D eigenvalue weighted by atomic mass is 9.76. The van der Waals surface area contributed by atoms with Gasteiger partial charge >= 0.3 is 6.18 Å². The van der Waals surface area contributed by atoms with Crippen LogP contribution in [0.2, 0.25) is 5.02 Å². The number of imidazole rings is 1. The summed E-state index contributed by atoms with van der Waals surface area (Å²) < 4.78 is 54.7. The molecule has 1 saturated heterocycles. The Hall–Kier alpha value is -2.93. The van der Waals surface area contributed by atoms with Crippen LogP contribution < -0.4 is 5.73 Å². The molecule has 0 bridgehead atoms. The molecule has 4 aromatic rings. The van der Waals surface area contributed by atoms with Gasteiger partial charge < -0.3 is 29.7 Å². The summed E-state index contributed by atoms with van der Waals surface area (Å²) in [5.41, 5.74) is 6.87. The Kier molecular flexibility index (Phi) is 6.92. The number of fused-ring (bicyclic) bond motifs is 3. The molecule has 9 nitrogen and oxygen atoms in total. The Labute approximate surface area is 251 Å². The van der Waals surface area contributed by atoms with Gasteiger partial charge in [-0.3, -0.25) is 0 Å². The maximum atomic E-state index is 13.2. The first-order valence-electron chi connectivity index (χ1n) is 14.7. The normalized spacial score (nSPS) is 28.7. The number of rotatable bonds is 7. The van der Waals surface area contributed by atoms with E-state index in [9.17, 15) is 13.2 Å². The zero-order valence-corrected chi connectivity index (χ0v) is 25.0. The van der Waals surface area contributed by atoms with Crippen molar-refractivity contribution in [2.45, 2.75) is 82.2 Å². The molecule has 2 aliphatic carbocycles. The van der Waals surface area contributed by atoms with Crippen molar-refractivity contribution < 1.29 is 22.6 Å². The fraction of sp³-hybridized carbons (Fsp3) is 0.567. The summed E-state index contributed by atoms with van der Waals surface area (Å²) >= 11 is 5.87. The lowest BCUT2D eigenvalue weighted by molar-refractivity contribution is -0.161. The molecular formula is C30H35ClF3N7O2. The highest BCUT2D eigenvalue weighted by molar-refractivity contribution is 6.32. The molecule has 13 heteroatoms. The van der Waals surface area contributed by atoms with Gasteiger partial charge in [-0.2, -0.15) is 13.2 Å². The standard InChI is InChI=1S/C30H35ClF3N7O2/c1-29(2)42-25-16(10-23(26(25)43-29)41-7-6-18-27(35)36-14-37-28(18)41)13-40(3)17-8-15(9-17)4-5-24-38-21-11-19(30(32,33)34)20(31)12-22(21)39-24/h6-7,11-12,14-17,23,25-26H,4-5,8-10,13H2,1-3H3,(H,38,39)(H2,35,36,37)/t15-,16-,17+,23-,25-,26+/m1/s1. The highest BCUT2D eigenvalue weighted by atomic mass is 35.5. The number of hydrogen-bond donors (Lipinski definition) is 2. The quantitative estimate of drug-likeness (QED) is 0.262. The van der Waals surface area contributed by atoms with Crippen molar-refractivity contribution in [1.29, 1.82) is 0 Å². The van der Waals surface area contributed by atoms with E-state index in [2.05, 4.69) is 36.5 Å². The molecule has 0 amide bonds. The van der Waals surface area contributed by atoms with Gasteiger partial charge in [0.1, 0.15) is 29.7 Å². The van der Waals surface area contributed by atoms with E-state index >= 15 is 0 Å². The first-order valence-corrected chi connectivity index (χ1v) is 15.1. The number of alkyl halides is 3. The number of nitrogens with two attached hydrogens (primary N) is 1. The summed E-state index contributed by atoms with van der Waals surface area (Å²) in [7, 11) is 2.18. The van der Waals surface area contributed by atoms with Gasteiger partial charge in [0.15, 0.2) is 5.79 Å². The minimum Gasteiger partial charge on any atom is -0.383 e. The van der Waals surface area contributed by atoms with Crippen molar-refractivity contribution in [3.8, 4) is 0 Å². The molecule has 1 aliphatic heterocycles. The first kappa shape index (κ1) is 28.8. The average Bonchev–Trinajstić information content (AvgIpc) is 3.64. The molecule has 2 saturated carbocycles. The van der Waals surface area contributed by atoms with E-state index in [-0.39, 0.29) is 28.8 Å².